The molecule has 5 nitrogen and oxygen atoms in total. The molecule has 1 aromatic carbocycles. The van der Waals surface area contributed by atoms with Crippen LogP contribution in [-0.4, -0.2) is 42.6 Å². The fourth-order valence-corrected chi connectivity index (χ4v) is 1.98. The van der Waals surface area contributed by atoms with Gasteiger partial charge in [0.05, 0.1) is 12.1 Å². The van der Waals surface area contributed by atoms with E-state index in [2.05, 4.69) is 41.1 Å². The van der Waals surface area contributed by atoms with Gasteiger partial charge in [-0.2, -0.15) is 0 Å². The first-order chi connectivity index (χ1) is 9.10. The Morgan fingerprint density at radius 3 is 2.62 bits per heavy atom. The molecule has 0 fully saturated rings. The van der Waals surface area contributed by atoms with Gasteiger partial charge in [0.15, 0.2) is 0 Å². The second-order valence-corrected chi connectivity index (χ2v) is 4.84. The second kappa shape index (κ2) is 8.89. The van der Waals surface area contributed by atoms with Crippen LogP contribution in [0.1, 0.15) is 0 Å². The number of anilines is 1. The molecule has 118 valence electrons. The monoisotopic (exact) mass is 332 g/mol. The Morgan fingerprint density at radius 2 is 2.00 bits per heavy atom. The van der Waals surface area contributed by atoms with Gasteiger partial charge in [-0.05, 0) is 37.7 Å². The predicted molar refractivity (Wildman–Crippen MR) is 92.7 cm³/mol. The Labute approximate surface area is 137 Å². The van der Waals surface area contributed by atoms with E-state index >= 15 is 0 Å². The normalized spacial score (nSPS) is 10.1. The molecule has 0 aliphatic heterocycles. The highest BCUT2D eigenvalue weighted by Crippen LogP contribution is 2.20. The molecule has 2 aromatic rings. The smallest absolute Gasteiger partial charge is 0.238 e. The third-order valence-corrected chi connectivity index (χ3v) is 3.03. The molecule has 1 aromatic heterocycles. The lowest BCUT2D eigenvalue weighted by atomic mass is 10.2. The van der Waals surface area contributed by atoms with E-state index in [4.69, 9.17) is 5.73 Å². The number of halogens is 2. The maximum absolute atomic E-state index is 11.3. The number of carbonyl (C=O) groups excluding carboxylic acids is 1. The summed E-state index contributed by atoms with van der Waals surface area (Å²) < 4.78 is 2.19. The molecule has 0 aliphatic rings. The first kappa shape index (κ1) is 19.7. The third-order valence-electron chi connectivity index (χ3n) is 3.03. The van der Waals surface area contributed by atoms with Crippen molar-refractivity contribution in [1.29, 1.82) is 0 Å². The van der Waals surface area contributed by atoms with Crippen LogP contribution in [0.25, 0.3) is 10.9 Å². The van der Waals surface area contributed by atoms with Gasteiger partial charge in [-0.15, -0.1) is 24.8 Å². The van der Waals surface area contributed by atoms with Crippen molar-refractivity contribution in [1.82, 2.24) is 9.47 Å². The van der Waals surface area contributed by atoms with E-state index in [1.165, 1.54) is 5.39 Å². The predicted octanol–water partition coefficient (Wildman–Crippen LogP) is 1.94. The summed E-state index contributed by atoms with van der Waals surface area (Å²) in [7, 11) is 4.11. The number of carbonyl (C=O) groups is 1. The number of rotatable bonds is 5. The van der Waals surface area contributed by atoms with Gasteiger partial charge in [0, 0.05) is 25.0 Å². The minimum absolute atomic E-state index is 0. The molecule has 0 spiro atoms. The number of hydrogen-bond acceptors (Lipinski definition) is 3. The van der Waals surface area contributed by atoms with Crippen molar-refractivity contribution >= 4 is 47.3 Å². The van der Waals surface area contributed by atoms with Gasteiger partial charge in [0.25, 0.3) is 0 Å². The van der Waals surface area contributed by atoms with Gasteiger partial charge < -0.3 is 20.5 Å². The summed E-state index contributed by atoms with van der Waals surface area (Å²) in [4.78, 5) is 13.5. The Balaban J connectivity index is 0.00000200. The highest BCUT2D eigenvalue weighted by atomic mass is 35.5. The molecule has 0 saturated carbocycles. The van der Waals surface area contributed by atoms with E-state index < -0.39 is 0 Å². The highest BCUT2D eigenvalue weighted by Gasteiger charge is 2.04. The number of likely N-dealkylation sites (N-methyl/N-ethyl adjacent to an activating group) is 1. The van der Waals surface area contributed by atoms with Crippen molar-refractivity contribution in [2.75, 3.05) is 32.5 Å². The summed E-state index contributed by atoms with van der Waals surface area (Å²) in [6, 6.07) is 7.97. The molecule has 7 heteroatoms. The number of nitrogens with two attached hydrogens (primary N) is 1. The highest BCUT2D eigenvalue weighted by molar-refractivity contribution is 5.94. The summed E-state index contributed by atoms with van der Waals surface area (Å²) in [5.41, 5.74) is 7.21. The van der Waals surface area contributed by atoms with E-state index in [0.29, 0.717) is 0 Å². The van der Waals surface area contributed by atoms with Crippen LogP contribution in [0.5, 0.6) is 0 Å². The number of aromatic nitrogens is 1. The molecule has 0 atom stereocenters. The van der Waals surface area contributed by atoms with Gasteiger partial charge in [-0.3, -0.25) is 4.79 Å². The number of amides is 1. The van der Waals surface area contributed by atoms with Crippen LogP contribution >= 0.6 is 24.8 Å². The topological polar surface area (TPSA) is 63.3 Å². The standard InChI is InChI=1S/C14H20N4O.2ClH/c1-17(2)7-8-18-6-5-11-3-4-12(9-13(11)18)16-14(19)10-15;;/h3-6,9H,7-8,10,15H2,1-2H3,(H,16,19);2*1H. The molecule has 3 N–H and O–H groups in total. The van der Waals surface area contributed by atoms with Gasteiger partial charge in [-0.25, -0.2) is 0 Å². The molecule has 0 radical (unpaired) electrons. The average molecular weight is 333 g/mol. The maximum Gasteiger partial charge on any atom is 0.238 e. The van der Waals surface area contributed by atoms with Crippen LogP contribution in [0.2, 0.25) is 0 Å². The van der Waals surface area contributed by atoms with Crippen molar-refractivity contribution in [3.63, 3.8) is 0 Å². The SMILES string of the molecule is CN(C)CCn1ccc2ccc(NC(=O)CN)cc21.Cl.Cl. The summed E-state index contributed by atoms with van der Waals surface area (Å²) in [6.07, 6.45) is 2.07. The third kappa shape index (κ3) is 5.21. The number of hydrogen-bond donors (Lipinski definition) is 2. The molecule has 21 heavy (non-hydrogen) atoms. The largest absolute Gasteiger partial charge is 0.346 e. The van der Waals surface area contributed by atoms with Crippen LogP contribution < -0.4 is 11.1 Å². The Hall–Kier alpha value is -1.27. The molecule has 0 bridgehead atoms. The van der Waals surface area contributed by atoms with E-state index in [0.717, 1.165) is 24.3 Å². The molecule has 0 unspecified atom stereocenters. The molecule has 0 saturated heterocycles. The van der Waals surface area contributed by atoms with Gasteiger partial charge in [0.1, 0.15) is 0 Å². The molecule has 0 aliphatic carbocycles. The van der Waals surface area contributed by atoms with E-state index in [9.17, 15) is 4.79 Å². The van der Waals surface area contributed by atoms with Crippen LogP contribution in [0.4, 0.5) is 5.69 Å². The maximum atomic E-state index is 11.3. The van der Waals surface area contributed by atoms with Crippen molar-refractivity contribution in [2.45, 2.75) is 6.54 Å². The first-order valence-electron chi connectivity index (χ1n) is 6.33. The van der Waals surface area contributed by atoms with E-state index in [1.807, 2.05) is 18.2 Å². The summed E-state index contributed by atoms with van der Waals surface area (Å²) in [6.45, 7) is 1.90. The number of fused-ring (bicyclic) bond motifs is 1. The average Bonchev–Trinajstić information content (AvgIpc) is 2.78. The number of nitrogens with zero attached hydrogens (tertiary/aromatic N) is 2. The Kier molecular flexibility index (Phi) is 8.36. The number of benzene rings is 1. The lowest BCUT2D eigenvalue weighted by Crippen LogP contribution is -2.21. The number of nitrogens with one attached hydrogen (secondary N) is 1. The minimum Gasteiger partial charge on any atom is -0.346 e. The van der Waals surface area contributed by atoms with E-state index in [-0.39, 0.29) is 37.3 Å². The fourth-order valence-electron chi connectivity index (χ4n) is 1.98. The van der Waals surface area contributed by atoms with Gasteiger partial charge >= 0.3 is 0 Å². The van der Waals surface area contributed by atoms with Crippen LogP contribution in [-0.2, 0) is 11.3 Å². The lowest BCUT2D eigenvalue weighted by Gasteiger charge is -2.12. The minimum atomic E-state index is -0.175. The molecule has 1 heterocycles. The van der Waals surface area contributed by atoms with Gasteiger partial charge in [0.2, 0.25) is 5.91 Å². The summed E-state index contributed by atoms with van der Waals surface area (Å²) in [5.74, 6) is -0.175. The van der Waals surface area contributed by atoms with Crippen molar-refractivity contribution in [3.05, 3.63) is 30.5 Å². The second-order valence-electron chi connectivity index (χ2n) is 4.84. The molecular weight excluding hydrogens is 311 g/mol. The molecule has 1 amide bonds. The van der Waals surface area contributed by atoms with Crippen molar-refractivity contribution in [2.24, 2.45) is 5.73 Å². The van der Waals surface area contributed by atoms with Crippen LogP contribution in [0, 0.1) is 0 Å². The zero-order valence-corrected chi connectivity index (χ0v) is 13.8. The van der Waals surface area contributed by atoms with Crippen molar-refractivity contribution in [3.8, 4) is 0 Å². The Bertz CT molecular complexity index is 583. The van der Waals surface area contributed by atoms with Crippen LogP contribution in [0.3, 0.4) is 0 Å². The summed E-state index contributed by atoms with van der Waals surface area (Å²) >= 11 is 0. The van der Waals surface area contributed by atoms with Gasteiger partial charge in [-0.1, -0.05) is 6.07 Å². The lowest BCUT2D eigenvalue weighted by molar-refractivity contribution is -0.114. The Morgan fingerprint density at radius 1 is 1.29 bits per heavy atom. The first-order valence-corrected chi connectivity index (χ1v) is 6.33. The zero-order valence-electron chi connectivity index (χ0n) is 12.2. The van der Waals surface area contributed by atoms with Crippen LogP contribution in [0.15, 0.2) is 30.5 Å². The quantitative estimate of drug-likeness (QED) is 0.879. The van der Waals surface area contributed by atoms with Crippen molar-refractivity contribution < 1.29 is 4.79 Å². The van der Waals surface area contributed by atoms with E-state index in [1.54, 1.807) is 0 Å². The summed E-state index contributed by atoms with van der Waals surface area (Å²) in [5, 5.41) is 3.95. The molecule has 2 rings (SSSR count). The zero-order chi connectivity index (χ0) is 13.8. The fraction of sp³-hybridized carbons (Fsp3) is 0.357. The molecular formula is C14H22Cl2N4O.